The number of carboxylic acids is 1. The molecule has 0 radical (unpaired) electrons. The molecule has 0 unspecified atom stereocenters. The molecule has 0 spiro atoms. The molecule has 1 N–H and O–H groups in total. The first-order valence-corrected chi connectivity index (χ1v) is 0.678. The van der Waals surface area contributed by atoms with Crippen LogP contribution in [0.1, 0.15) is 11.0 Å². The second-order valence-corrected chi connectivity index (χ2v) is 0.305. The first-order valence-electron chi connectivity index (χ1n) is 2.18. The molecule has 24 valence electrons. The molecular formula is C2H4O2. The lowest BCUT2D eigenvalue weighted by molar-refractivity contribution is -0.134. The molecule has 0 saturated heterocycles. The molecule has 0 aromatic carbocycles. The normalized spacial score (nSPS) is 20.5. The van der Waals surface area contributed by atoms with Crippen molar-refractivity contribution >= 4 is 5.97 Å². The van der Waals surface area contributed by atoms with Gasteiger partial charge < -0.3 is 5.11 Å². The zero-order valence-electron chi connectivity index (χ0n) is 4.86. The number of carbonyl (C=O) groups is 1. The standard InChI is InChI=1S/C2H4O2/c1-2(3)4/h1H3,(H,3,4)/i1D3,2+1. The third kappa shape index (κ3) is 1.16. The van der Waals surface area contributed by atoms with Gasteiger partial charge in [-0.2, -0.15) is 0 Å². The molecule has 0 aliphatic heterocycles. The van der Waals surface area contributed by atoms with Crippen molar-refractivity contribution in [2.24, 2.45) is 0 Å². The van der Waals surface area contributed by atoms with Crippen LogP contribution in [0, 0.1) is 0 Å². The van der Waals surface area contributed by atoms with Crippen molar-refractivity contribution in [2.75, 3.05) is 0 Å². The summed E-state index contributed by atoms with van der Waals surface area (Å²) >= 11 is 0. The molecule has 0 rings (SSSR count). The van der Waals surface area contributed by atoms with E-state index in [1.54, 1.807) is 0 Å². The summed E-state index contributed by atoms with van der Waals surface area (Å²) in [6.07, 6.45) is 0. The van der Waals surface area contributed by atoms with Gasteiger partial charge in [0.2, 0.25) is 0 Å². The highest BCUT2D eigenvalue weighted by atomic mass is 16.5. The van der Waals surface area contributed by atoms with Gasteiger partial charge in [-0.15, -0.1) is 0 Å². The number of aliphatic carboxylic acids is 1. The highest BCUT2D eigenvalue weighted by Gasteiger charge is 1.65. The monoisotopic (exact) mass is 64.0 g/mol. The number of hydrogen-bond donors (Lipinski definition) is 1. The van der Waals surface area contributed by atoms with E-state index < -0.39 is 12.8 Å². The summed E-state index contributed by atoms with van der Waals surface area (Å²) in [5.74, 6) is -1.76. The van der Waals surface area contributed by atoms with Crippen molar-refractivity contribution in [2.45, 2.75) is 6.85 Å². The summed E-state index contributed by atoms with van der Waals surface area (Å²) in [7, 11) is 0. The highest BCUT2D eigenvalue weighted by Crippen LogP contribution is 1.42. The molecule has 0 aromatic rings. The molecule has 4 heavy (non-hydrogen) atoms. The second kappa shape index (κ2) is 0.875. The van der Waals surface area contributed by atoms with Gasteiger partial charge in [-0.3, -0.25) is 4.79 Å². The van der Waals surface area contributed by atoms with Crippen LogP contribution in [-0.2, 0) is 4.79 Å². The van der Waals surface area contributed by atoms with E-state index in [2.05, 4.69) is 0 Å². The molecule has 0 amide bonds. The molecule has 0 saturated carbocycles. The van der Waals surface area contributed by atoms with Crippen LogP contribution in [0.2, 0.25) is 0 Å². The fourth-order valence-electron chi connectivity index (χ4n) is 0. The smallest absolute Gasteiger partial charge is 0.300 e. The molecule has 2 nitrogen and oxygen atoms in total. The first-order chi connectivity index (χ1) is 2.94. The molecule has 0 fully saturated rings. The van der Waals surface area contributed by atoms with Gasteiger partial charge in [0.25, 0.3) is 5.97 Å². The zero-order chi connectivity index (χ0) is 6.08. The van der Waals surface area contributed by atoms with Crippen LogP contribution >= 0.6 is 0 Å². The average Bonchev–Trinajstić information content (AvgIpc) is 1.31. The lowest BCUT2D eigenvalue weighted by Gasteiger charge is -1.59. The summed E-state index contributed by atoms with van der Waals surface area (Å²) in [5.41, 5.74) is 0. The fraction of sp³-hybridized carbons (Fsp3) is 0.500. The van der Waals surface area contributed by atoms with Gasteiger partial charge >= 0.3 is 0 Å². The Hall–Kier alpha value is -0.530. The number of rotatable bonds is 0. The summed E-state index contributed by atoms with van der Waals surface area (Å²) in [6, 6.07) is 0. The van der Waals surface area contributed by atoms with Crippen LogP contribution in [0.4, 0.5) is 0 Å². The molecule has 0 aliphatic carbocycles. The van der Waals surface area contributed by atoms with Gasteiger partial charge in [0.15, 0.2) is 0 Å². The van der Waals surface area contributed by atoms with Crippen LogP contribution in [-0.4, -0.2) is 11.1 Å². The lowest BCUT2D eigenvalue weighted by Crippen LogP contribution is -1.78. The topological polar surface area (TPSA) is 37.3 Å². The van der Waals surface area contributed by atoms with E-state index in [0.717, 1.165) is 0 Å². The SMILES string of the molecule is [2H]C([2H])([2H])[13C](=O)O. The summed E-state index contributed by atoms with van der Waals surface area (Å²) < 4.78 is 18.4. The van der Waals surface area contributed by atoms with Crippen LogP contribution in [0.25, 0.3) is 0 Å². The lowest BCUT2D eigenvalue weighted by atomic mass is 11.3. The van der Waals surface area contributed by atoms with E-state index in [-0.39, 0.29) is 0 Å². The minimum atomic E-state index is -2.83. The molecular weight excluding hydrogens is 57.0 g/mol. The quantitative estimate of drug-likeness (QED) is 0.405. The van der Waals surface area contributed by atoms with Crippen molar-refractivity contribution in [3.05, 3.63) is 0 Å². The van der Waals surface area contributed by atoms with E-state index in [9.17, 15) is 4.79 Å². The summed E-state index contributed by atoms with van der Waals surface area (Å²) in [5, 5.41) is 7.69. The Bertz CT molecular complexity index is 83.4. The van der Waals surface area contributed by atoms with Crippen LogP contribution < -0.4 is 0 Å². The Morgan fingerprint density at radius 3 is 2.75 bits per heavy atom. The number of hydrogen-bond acceptors (Lipinski definition) is 1. The zero-order valence-corrected chi connectivity index (χ0v) is 1.86. The van der Waals surface area contributed by atoms with E-state index in [4.69, 9.17) is 9.22 Å². The van der Waals surface area contributed by atoms with E-state index >= 15 is 0 Å². The highest BCUT2D eigenvalue weighted by molar-refractivity contribution is 5.62. The minimum absolute atomic E-state index is 1.76. The molecule has 0 heterocycles. The second-order valence-electron chi connectivity index (χ2n) is 0.305. The van der Waals surface area contributed by atoms with Gasteiger partial charge in [-0.25, -0.2) is 0 Å². The molecule has 0 aliphatic rings. The predicted octanol–water partition coefficient (Wildman–Crippen LogP) is 0.0909. The first kappa shape index (κ1) is 0.708. The van der Waals surface area contributed by atoms with Gasteiger partial charge in [-0.1, -0.05) is 0 Å². The molecule has 2 heteroatoms. The van der Waals surface area contributed by atoms with Crippen molar-refractivity contribution < 1.29 is 14.0 Å². The maximum atomic E-state index is 9.46. The van der Waals surface area contributed by atoms with Crippen LogP contribution in [0.3, 0.4) is 0 Å². The van der Waals surface area contributed by atoms with Gasteiger partial charge in [0.1, 0.15) is 0 Å². The van der Waals surface area contributed by atoms with Crippen LogP contribution in [0.15, 0.2) is 0 Å². The largest absolute Gasteiger partial charge is 0.481 e. The Balaban J connectivity index is 3.79. The van der Waals surface area contributed by atoms with Crippen molar-refractivity contribution in [1.29, 1.82) is 0 Å². The molecule has 0 aromatic heterocycles. The van der Waals surface area contributed by atoms with Gasteiger partial charge in [0, 0.05) is 11.0 Å². The van der Waals surface area contributed by atoms with Crippen molar-refractivity contribution in [3.63, 3.8) is 0 Å². The molecule has 0 bridgehead atoms. The van der Waals surface area contributed by atoms with E-state index in [1.807, 2.05) is 0 Å². The maximum absolute atomic E-state index is 9.46. The Morgan fingerprint density at radius 2 is 2.75 bits per heavy atom. The summed E-state index contributed by atoms with van der Waals surface area (Å²) in [6.45, 7) is -2.83. The maximum Gasteiger partial charge on any atom is 0.300 e. The summed E-state index contributed by atoms with van der Waals surface area (Å²) in [4.78, 5) is 9.46. The third-order valence-electron chi connectivity index (χ3n) is 0. The average molecular weight is 64.1 g/mol. The van der Waals surface area contributed by atoms with Gasteiger partial charge in [-0.05, 0) is 0 Å². The predicted molar refractivity (Wildman–Crippen MR) is 13.3 cm³/mol. The minimum Gasteiger partial charge on any atom is -0.481 e. The fourth-order valence-corrected chi connectivity index (χ4v) is 0. The number of carboxylic acid groups (broad SMARTS) is 1. The van der Waals surface area contributed by atoms with Crippen molar-refractivity contribution in [3.8, 4) is 0 Å². The van der Waals surface area contributed by atoms with E-state index in [0.29, 0.717) is 0 Å². The third-order valence-corrected chi connectivity index (χ3v) is 0. The Kier molecular flexibility index (Phi) is 0.155. The van der Waals surface area contributed by atoms with Crippen LogP contribution in [0.5, 0.6) is 0 Å². The van der Waals surface area contributed by atoms with Gasteiger partial charge in [0.05, 0.1) is 0 Å². The molecule has 0 atom stereocenters. The van der Waals surface area contributed by atoms with Crippen molar-refractivity contribution in [1.82, 2.24) is 0 Å². The van der Waals surface area contributed by atoms with E-state index in [1.165, 1.54) is 0 Å². The Labute approximate surface area is 28.3 Å². The Morgan fingerprint density at radius 1 is 2.50 bits per heavy atom.